The second-order valence-electron chi connectivity index (χ2n) is 4.93. The number of nitrogens with zero attached hydrogens (tertiary/aromatic N) is 3. The summed E-state index contributed by atoms with van der Waals surface area (Å²) >= 11 is 4.77. The quantitative estimate of drug-likeness (QED) is 0.692. The van der Waals surface area contributed by atoms with Crippen molar-refractivity contribution < 1.29 is 9.53 Å². The maximum atomic E-state index is 12.1. The zero-order valence-corrected chi connectivity index (χ0v) is 15.4. The third-order valence-electron chi connectivity index (χ3n) is 3.20. The van der Waals surface area contributed by atoms with Crippen LogP contribution in [0.2, 0.25) is 0 Å². The number of amides is 1. The number of aromatic nitrogens is 3. The van der Waals surface area contributed by atoms with Crippen LogP contribution in [-0.4, -0.2) is 40.1 Å². The van der Waals surface area contributed by atoms with Gasteiger partial charge in [-0.3, -0.25) is 4.79 Å². The van der Waals surface area contributed by atoms with E-state index in [2.05, 4.69) is 31.4 Å². The van der Waals surface area contributed by atoms with E-state index in [-0.39, 0.29) is 11.9 Å². The van der Waals surface area contributed by atoms with Gasteiger partial charge in [-0.1, -0.05) is 39.8 Å². The fourth-order valence-corrected chi connectivity index (χ4v) is 2.96. The first-order valence-electron chi connectivity index (χ1n) is 7.14. The molecule has 124 valence electrons. The van der Waals surface area contributed by atoms with Gasteiger partial charge in [-0.15, -0.1) is 10.2 Å². The first kappa shape index (κ1) is 18.0. The smallest absolute Gasteiger partial charge is 0.230 e. The van der Waals surface area contributed by atoms with E-state index < -0.39 is 0 Å². The summed E-state index contributed by atoms with van der Waals surface area (Å²) in [5, 5.41) is 11.6. The lowest BCUT2D eigenvalue weighted by Crippen LogP contribution is -2.28. The largest absolute Gasteiger partial charge is 0.383 e. The van der Waals surface area contributed by atoms with Crippen LogP contribution in [-0.2, 0) is 16.1 Å². The molecule has 2 aromatic rings. The molecule has 0 aliphatic carbocycles. The first-order chi connectivity index (χ1) is 11.1. The molecule has 0 saturated carbocycles. The van der Waals surface area contributed by atoms with E-state index in [0.717, 1.165) is 10.0 Å². The Morgan fingerprint density at radius 3 is 2.87 bits per heavy atom. The molecule has 1 heterocycles. The van der Waals surface area contributed by atoms with Gasteiger partial charge in [0.25, 0.3) is 0 Å². The molecule has 8 heteroatoms. The van der Waals surface area contributed by atoms with Crippen LogP contribution >= 0.6 is 27.7 Å². The van der Waals surface area contributed by atoms with Crippen LogP contribution in [0.4, 0.5) is 0 Å². The van der Waals surface area contributed by atoms with Crippen molar-refractivity contribution in [1.82, 2.24) is 20.1 Å². The molecule has 1 atom stereocenters. The van der Waals surface area contributed by atoms with Crippen molar-refractivity contribution in [2.75, 3.05) is 19.5 Å². The van der Waals surface area contributed by atoms with E-state index >= 15 is 0 Å². The number of ether oxygens (including phenoxy) is 1. The Bertz CT molecular complexity index is 633. The average molecular weight is 399 g/mol. The molecular weight excluding hydrogens is 380 g/mol. The molecule has 1 amide bonds. The SMILES string of the molecule is COCCn1cnnc1SCC(=O)NC(C)c1ccc(Br)cc1. The van der Waals surface area contributed by atoms with E-state index in [1.807, 2.05) is 35.8 Å². The Labute approximate surface area is 148 Å². The van der Waals surface area contributed by atoms with Crippen molar-refractivity contribution in [2.24, 2.45) is 0 Å². The van der Waals surface area contributed by atoms with Gasteiger partial charge in [0.1, 0.15) is 6.33 Å². The Balaban J connectivity index is 1.83. The lowest BCUT2D eigenvalue weighted by Gasteiger charge is -2.14. The Kier molecular flexibility index (Phi) is 7.07. The van der Waals surface area contributed by atoms with Crippen LogP contribution in [0.3, 0.4) is 0 Å². The summed E-state index contributed by atoms with van der Waals surface area (Å²) in [7, 11) is 1.65. The topological polar surface area (TPSA) is 69.0 Å². The van der Waals surface area contributed by atoms with E-state index in [0.29, 0.717) is 24.1 Å². The van der Waals surface area contributed by atoms with Gasteiger partial charge in [0.15, 0.2) is 5.16 Å². The second kappa shape index (κ2) is 9.05. The summed E-state index contributed by atoms with van der Waals surface area (Å²) < 4.78 is 7.93. The van der Waals surface area contributed by atoms with Gasteiger partial charge in [-0.2, -0.15) is 0 Å². The molecule has 0 aliphatic heterocycles. The number of thioether (sulfide) groups is 1. The predicted octanol–water partition coefficient (Wildman–Crippen LogP) is 2.66. The third kappa shape index (κ3) is 5.63. The summed E-state index contributed by atoms with van der Waals surface area (Å²) in [4.78, 5) is 12.1. The van der Waals surface area contributed by atoms with Crippen LogP contribution in [0.15, 0.2) is 40.2 Å². The minimum absolute atomic E-state index is 0.0355. The monoisotopic (exact) mass is 398 g/mol. The van der Waals surface area contributed by atoms with Crippen LogP contribution in [0, 0.1) is 0 Å². The van der Waals surface area contributed by atoms with Crippen molar-refractivity contribution in [2.45, 2.75) is 24.7 Å². The number of methoxy groups -OCH3 is 1. The van der Waals surface area contributed by atoms with Crippen molar-refractivity contribution in [1.29, 1.82) is 0 Å². The highest BCUT2D eigenvalue weighted by Crippen LogP contribution is 2.18. The number of hydrogen-bond acceptors (Lipinski definition) is 5. The standard InChI is InChI=1S/C15H19BrN4O2S/c1-11(12-3-5-13(16)6-4-12)18-14(21)9-23-15-19-17-10-20(15)7-8-22-2/h3-6,10-11H,7-9H2,1-2H3,(H,18,21). The van der Waals surface area contributed by atoms with Gasteiger partial charge in [-0.05, 0) is 24.6 Å². The fraction of sp³-hybridized carbons (Fsp3) is 0.400. The molecule has 1 unspecified atom stereocenters. The number of rotatable bonds is 8. The number of hydrogen-bond donors (Lipinski definition) is 1. The predicted molar refractivity (Wildman–Crippen MR) is 93.3 cm³/mol. The highest BCUT2D eigenvalue weighted by atomic mass is 79.9. The maximum absolute atomic E-state index is 12.1. The molecule has 0 bridgehead atoms. The first-order valence-corrected chi connectivity index (χ1v) is 8.92. The fourth-order valence-electron chi connectivity index (χ4n) is 1.95. The zero-order chi connectivity index (χ0) is 16.7. The van der Waals surface area contributed by atoms with Crippen LogP contribution in [0.25, 0.3) is 0 Å². The summed E-state index contributed by atoms with van der Waals surface area (Å²) in [5.41, 5.74) is 1.06. The molecule has 6 nitrogen and oxygen atoms in total. The normalized spacial score (nSPS) is 12.1. The van der Waals surface area contributed by atoms with E-state index in [1.54, 1.807) is 13.4 Å². The zero-order valence-electron chi connectivity index (χ0n) is 13.0. The number of nitrogens with one attached hydrogen (secondary N) is 1. The summed E-state index contributed by atoms with van der Waals surface area (Å²) in [6.45, 7) is 3.22. The summed E-state index contributed by atoms with van der Waals surface area (Å²) in [5.74, 6) is 0.263. The molecule has 1 aromatic heterocycles. The molecule has 0 saturated heterocycles. The molecule has 0 aliphatic rings. The van der Waals surface area contributed by atoms with Gasteiger partial charge in [-0.25, -0.2) is 0 Å². The Morgan fingerprint density at radius 2 is 2.17 bits per heavy atom. The summed E-state index contributed by atoms with van der Waals surface area (Å²) in [6, 6.07) is 7.87. The number of carbonyl (C=O) groups is 1. The molecule has 1 aromatic carbocycles. The lowest BCUT2D eigenvalue weighted by atomic mass is 10.1. The lowest BCUT2D eigenvalue weighted by molar-refractivity contribution is -0.119. The van der Waals surface area contributed by atoms with E-state index in [4.69, 9.17) is 4.74 Å². The molecule has 0 spiro atoms. The van der Waals surface area contributed by atoms with Crippen molar-refractivity contribution in [3.63, 3.8) is 0 Å². The third-order valence-corrected chi connectivity index (χ3v) is 4.71. The average Bonchev–Trinajstić information content (AvgIpc) is 2.99. The van der Waals surface area contributed by atoms with Gasteiger partial charge < -0.3 is 14.6 Å². The van der Waals surface area contributed by atoms with Crippen LogP contribution in [0.1, 0.15) is 18.5 Å². The summed E-state index contributed by atoms with van der Waals surface area (Å²) in [6.07, 6.45) is 1.64. The van der Waals surface area contributed by atoms with Crippen LogP contribution in [0.5, 0.6) is 0 Å². The molecule has 2 rings (SSSR count). The van der Waals surface area contributed by atoms with Crippen molar-refractivity contribution in [3.05, 3.63) is 40.6 Å². The maximum Gasteiger partial charge on any atom is 0.230 e. The van der Waals surface area contributed by atoms with Gasteiger partial charge in [0.2, 0.25) is 5.91 Å². The highest BCUT2D eigenvalue weighted by molar-refractivity contribution is 9.10. The second-order valence-corrected chi connectivity index (χ2v) is 6.79. The molecule has 0 fully saturated rings. The van der Waals surface area contributed by atoms with Crippen molar-refractivity contribution in [3.8, 4) is 0 Å². The number of benzene rings is 1. The highest BCUT2D eigenvalue weighted by Gasteiger charge is 2.12. The Morgan fingerprint density at radius 1 is 1.43 bits per heavy atom. The number of halogens is 1. The van der Waals surface area contributed by atoms with Crippen LogP contribution < -0.4 is 5.32 Å². The Hall–Kier alpha value is -1.38. The van der Waals surface area contributed by atoms with E-state index in [9.17, 15) is 4.79 Å². The van der Waals surface area contributed by atoms with Gasteiger partial charge >= 0.3 is 0 Å². The number of carbonyl (C=O) groups excluding carboxylic acids is 1. The minimum Gasteiger partial charge on any atom is -0.383 e. The molecule has 1 N–H and O–H groups in total. The molecule has 0 radical (unpaired) electrons. The molecular formula is C15H19BrN4O2S. The van der Waals surface area contributed by atoms with Crippen molar-refractivity contribution >= 4 is 33.6 Å². The van der Waals surface area contributed by atoms with E-state index in [1.165, 1.54) is 11.8 Å². The van der Waals surface area contributed by atoms with Gasteiger partial charge in [0, 0.05) is 18.1 Å². The van der Waals surface area contributed by atoms with Gasteiger partial charge in [0.05, 0.1) is 18.4 Å². The molecule has 23 heavy (non-hydrogen) atoms. The minimum atomic E-state index is -0.0393.